The molecule has 0 amide bonds. The van der Waals surface area contributed by atoms with Gasteiger partial charge >= 0.3 is 11.9 Å². The van der Waals surface area contributed by atoms with Gasteiger partial charge in [-0.25, -0.2) is 4.79 Å². The number of esters is 1. The third kappa shape index (κ3) is 5.44. The van der Waals surface area contributed by atoms with Gasteiger partial charge in [0.05, 0.1) is 19.6 Å². The number of carbonyl (C=O) groups is 2. The van der Waals surface area contributed by atoms with Gasteiger partial charge < -0.3 is 20.5 Å². The molecule has 0 saturated carbocycles. The number of halogens is 1. The molecule has 1 heterocycles. The first kappa shape index (κ1) is 21.0. The summed E-state index contributed by atoms with van der Waals surface area (Å²) < 4.78 is 5.70. The summed E-state index contributed by atoms with van der Waals surface area (Å²) in [5, 5.41) is 17.1. The lowest BCUT2D eigenvalue weighted by Gasteiger charge is -2.20. The predicted molar refractivity (Wildman–Crippen MR) is 119 cm³/mol. The van der Waals surface area contributed by atoms with E-state index in [9.17, 15) is 14.7 Å². The number of nitrogens with one attached hydrogen (secondary N) is 2. The zero-order valence-corrected chi connectivity index (χ0v) is 17.7. The first-order valence-corrected chi connectivity index (χ1v) is 10.1. The molecule has 6 nitrogen and oxygen atoms in total. The van der Waals surface area contributed by atoms with Gasteiger partial charge in [0.25, 0.3) is 0 Å². The van der Waals surface area contributed by atoms with Gasteiger partial charge in [-0.05, 0) is 59.6 Å². The fourth-order valence-electron chi connectivity index (χ4n) is 2.77. The maximum absolute atomic E-state index is 11.7. The summed E-state index contributed by atoms with van der Waals surface area (Å²) >= 11 is 12.6. The minimum absolute atomic E-state index is 0.143. The third-order valence-electron chi connectivity index (χ3n) is 4.12. The van der Waals surface area contributed by atoms with Gasteiger partial charge in [0, 0.05) is 15.4 Å². The Morgan fingerprint density at radius 3 is 2.59 bits per heavy atom. The monoisotopic (exact) mass is 448 g/mol. The van der Waals surface area contributed by atoms with Crippen molar-refractivity contribution in [3.63, 3.8) is 0 Å². The van der Waals surface area contributed by atoms with E-state index in [4.69, 9.17) is 28.6 Å². The van der Waals surface area contributed by atoms with E-state index in [-0.39, 0.29) is 17.5 Å². The molecule has 0 bridgehead atoms. The largest absolute Gasteiger partial charge is 0.481 e. The fraction of sp³-hybridized carbons (Fsp3) is 0.150. The maximum Gasteiger partial charge on any atom is 0.348 e. The lowest BCUT2D eigenvalue weighted by molar-refractivity contribution is -0.137. The van der Waals surface area contributed by atoms with Crippen LogP contribution < -0.4 is 10.6 Å². The van der Waals surface area contributed by atoms with E-state index < -0.39 is 12.0 Å². The van der Waals surface area contributed by atoms with Crippen LogP contribution in [0, 0.1) is 0 Å². The third-order valence-corrected chi connectivity index (χ3v) is 5.69. The number of carboxylic acids is 1. The molecular weight excluding hydrogens is 432 g/mol. The minimum atomic E-state index is -0.949. The second-order valence-electron chi connectivity index (χ2n) is 6.16. The molecule has 1 aromatic heterocycles. The smallest absolute Gasteiger partial charge is 0.348 e. The summed E-state index contributed by atoms with van der Waals surface area (Å²) in [6, 6.07) is 13.7. The number of hydrogen-bond acceptors (Lipinski definition) is 5. The zero-order chi connectivity index (χ0) is 21.0. The van der Waals surface area contributed by atoms with Crippen molar-refractivity contribution in [1.82, 2.24) is 5.32 Å². The Hall–Kier alpha value is -2.68. The summed E-state index contributed by atoms with van der Waals surface area (Å²) in [5.74, 6) is -1.33. The average molecular weight is 449 g/mol. The summed E-state index contributed by atoms with van der Waals surface area (Å²) in [4.78, 5) is 23.5. The van der Waals surface area contributed by atoms with Crippen LogP contribution in [-0.4, -0.2) is 29.3 Å². The molecule has 29 heavy (non-hydrogen) atoms. The molecule has 3 N–H and O–H groups in total. The number of methoxy groups -OCH3 is 1. The minimum Gasteiger partial charge on any atom is -0.481 e. The van der Waals surface area contributed by atoms with E-state index in [1.165, 1.54) is 18.4 Å². The molecule has 0 saturated heterocycles. The van der Waals surface area contributed by atoms with E-state index in [0.29, 0.717) is 9.90 Å². The summed E-state index contributed by atoms with van der Waals surface area (Å²) in [7, 11) is 1.35. The number of thiophene rings is 1. The topological polar surface area (TPSA) is 87.7 Å². The van der Waals surface area contributed by atoms with Crippen molar-refractivity contribution in [1.29, 1.82) is 0 Å². The van der Waals surface area contributed by atoms with E-state index >= 15 is 0 Å². The van der Waals surface area contributed by atoms with Crippen molar-refractivity contribution < 1.29 is 19.4 Å². The first-order valence-electron chi connectivity index (χ1n) is 8.52. The highest BCUT2D eigenvalue weighted by molar-refractivity contribution is 7.80. The van der Waals surface area contributed by atoms with E-state index in [1.807, 2.05) is 18.2 Å². The molecule has 0 spiro atoms. The van der Waals surface area contributed by atoms with Crippen molar-refractivity contribution in [3.8, 4) is 0 Å². The normalized spacial score (nSPS) is 11.7. The highest BCUT2D eigenvalue weighted by Gasteiger charge is 2.17. The second-order valence-corrected chi connectivity index (χ2v) is 8.08. The molecule has 150 valence electrons. The standard InChI is InChI=1S/C20H17ClN2O4S2/c1-27-19(26)17-9-12-8-14(6-7-16(12)29-17)22-20(28)23-15(10-18(24)25)11-2-4-13(21)5-3-11/h2-9,15H,10H2,1H3,(H,24,25)(H2,22,23,28). The lowest BCUT2D eigenvalue weighted by atomic mass is 10.0. The zero-order valence-electron chi connectivity index (χ0n) is 15.3. The fourth-order valence-corrected chi connectivity index (χ4v) is 4.12. The Labute approximate surface area is 181 Å². The predicted octanol–water partition coefficient (Wildman–Crippen LogP) is 4.84. The van der Waals surface area contributed by atoms with Gasteiger partial charge in [-0.1, -0.05) is 23.7 Å². The summed E-state index contributed by atoms with van der Waals surface area (Å²) in [5.41, 5.74) is 1.48. The van der Waals surface area contributed by atoms with Crippen LogP contribution in [0.4, 0.5) is 5.69 Å². The van der Waals surface area contributed by atoms with Crippen LogP contribution in [-0.2, 0) is 9.53 Å². The first-order chi connectivity index (χ1) is 13.9. The Kier molecular flexibility index (Phi) is 6.68. The van der Waals surface area contributed by atoms with E-state index in [2.05, 4.69) is 10.6 Å². The molecule has 3 rings (SSSR count). The van der Waals surface area contributed by atoms with Crippen molar-refractivity contribution in [2.24, 2.45) is 0 Å². The number of carbonyl (C=O) groups excluding carboxylic acids is 1. The van der Waals surface area contributed by atoms with Gasteiger partial charge in [-0.2, -0.15) is 0 Å². The van der Waals surface area contributed by atoms with Gasteiger partial charge in [-0.3, -0.25) is 4.79 Å². The van der Waals surface area contributed by atoms with Gasteiger partial charge in [0.15, 0.2) is 5.11 Å². The number of benzene rings is 2. The Balaban J connectivity index is 1.74. The molecule has 0 aliphatic carbocycles. The molecular formula is C20H17ClN2O4S2. The highest BCUT2D eigenvalue weighted by Crippen LogP contribution is 2.29. The quantitative estimate of drug-likeness (QED) is 0.367. The van der Waals surface area contributed by atoms with Crippen LogP contribution in [0.2, 0.25) is 5.02 Å². The van der Waals surface area contributed by atoms with Crippen molar-refractivity contribution >= 4 is 68.0 Å². The summed E-state index contributed by atoms with van der Waals surface area (Å²) in [6.45, 7) is 0. The molecule has 0 aliphatic heterocycles. The Bertz CT molecular complexity index is 1070. The summed E-state index contributed by atoms with van der Waals surface area (Å²) in [6.07, 6.45) is -0.143. The lowest BCUT2D eigenvalue weighted by Crippen LogP contribution is -2.33. The maximum atomic E-state index is 11.7. The number of rotatable bonds is 6. The Morgan fingerprint density at radius 1 is 1.21 bits per heavy atom. The number of carboxylic acid groups (broad SMARTS) is 1. The van der Waals surface area contributed by atoms with Crippen LogP contribution in [0.15, 0.2) is 48.5 Å². The van der Waals surface area contributed by atoms with Crippen molar-refractivity contribution in [3.05, 3.63) is 64.0 Å². The van der Waals surface area contributed by atoms with Crippen molar-refractivity contribution in [2.75, 3.05) is 12.4 Å². The molecule has 2 aromatic carbocycles. The number of anilines is 1. The van der Waals surface area contributed by atoms with Crippen molar-refractivity contribution in [2.45, 2.75) is 12.5 Å². The molecule has 0 aliphatic rings. The van der Waals surface area contributed by atoms with Gasteiger partial charge in [-0.15, -0.1) is 11.3 Å². The molecule has 0 radical (unpaired) electrons. The number of fused-ring (bicyclic) bond motifs is 1. The van der Waals surface area contributed by atoms with Gasteiger partial charge in [0.1, 0.15) is 4.88 Å². The molecule has 1 unspecified atom stereocenters. The molecule has 0 fully saturated rings. The highest BCUT2D eigenvalue weighted by atomic mass is 35.5. The molecule has 3 aromatic rings. The van der Waals surface area contributed by atoms with Crippen LogP contribution in [0.5, 0.6) is 0 Å². The SMILES string of the molecule is COC(=O)c1cc2cc(NC(=S)NC(CC(=O)O)c3ccc(Cl)cc3)ccc2s1. The van der Waals surface area contributed by atoms with E-state index in [1.54, 1.807) is 30.3 Å². The second kappa shape index (κ2) is 9.21. The number of hydrogen-bond donors (Lipinski definition) is 3. The molecule has 1 atom stereocenters. The average Bonchev–Trinajstić information content (AvgIpc) is 3.10. The number of thiocarbonyl (C=S) groups is 1. The molecule has 9 heteroatoms. The van der Waals surface area contributed by atoms with Crippen LogP contribution >= 0.6 is 35.2 Å². The van der Waals surface area contributed by atoms with Crippen LogP contribution in [0.3, 0.4) is 0 Å². The Morgan fingerprint density at radius 2 is 1.93 bits per heavy atom. The number of aliphatic carboxylic acids is 1. The van der Waals surface area contributed by atoms with E-state index in [0.717, 1.165) is 21.3 Å². The van der Waals surface area contributed by atoms with Gasteiger partial charge in [0.2, 0.25) is 0 Å². The van der Waals surface area contributed by atoms with Crippen LogP contribution in [0.25, 0.3) is 10.1 Å². The number of ether oxygens (including phenoxy) is 1. The van der Waals surface area contributed by atoms with Crippen LogP contribution in [0.1, 0.15) is 27.7 Å².